The first kappa shape index (κ1) is 21.9. The summed E-state index contributed by atoms with van der Waals surface area (Å²) in [6, 6.07) is 0. The topological polar surface area (TPSA) is 77.4 Å². The van der Waals surface area contributed by atoms with Crippen LogP contribution in [0.5, 0.6) is 5.88 Å². The molecule has 0 atom stereocenters. The van der Waals surface area contributed by atoms with E-state index in [2.05, 4.69) is 35.5 Å². The quantitative estimate of drug-likeness (QED) is 0.561. The monoisotopic (exact) mass is 378 g/mol. The molecule has 0 saturated carbocycles. The number of nitrogens with two attached hydrogens (primary N) is 2. The second kappa shape index (κ2) is 10.8. The summed E-state index contributed by atoms with van der Waals surface area (Å²) < 4.78 is 5.53. The standard InChI is InChI=1S/C20H31ClN4O/c1-6-9-12-25(13-15(7-2)11-10-14(4)5)18-16(21)20(26-8-3)24-19(23)17(18)22/h7,10-11H,4,6,8-9,12-13,22H2,1-3,5H3,(H2,23,24)/b11-10-,15-7?. The van der Waals surface area contributed by atoms with Gasteiger partial charge in [-0.3, -0.25) is 0 Å². The lowest BCUT2D eigenvalue weighted by atomic mass is 10.1. The van der Waals surface area contributed by atoms with Crippen molar-refractivity contribution in [3.8, 4) is 5.88 Å². The lowest BCUT2D eigenvalue weighted by molar-refractivity contribution is 0.328. The number of ether oxygens (including phenoxy) is 1. The van der Waals surface area contributed by atoms with Crippen LogP contribution in [0, 0.1) is 0 Å². The molecule has 0 saturated heterocycles. The average Bonchev–Trinajstić information content (AvgIpc) is 2.60. The lowest BCUT2D eigenvalue weighted by Gasteiger charge is -2.28. The molecule has 0 aromatic carbocycles. The molecule has 4 N–H and O–H groups in total. The molecular formula is C20H31ClN4O. The van der Waals surface area contributed by atoms with Crippen LogP contribution in [0.3, 0.4) is 0 Å². The van der Waals surface area contributed by atoms with Crippen LogP contribution in [0.25, 0.3) is 0 Å². The normalized spacial score (nSPS) is 11.8. The van der Waals surface area contributed by atoms with Gasteiger partial charge >= 0.3 is 0 Å². The molecule has 1 heterocycles. The van der Waals surface area contributed by atoms with Gasteiger partial charge in [-0.25, -0.2) is 0 Å². The predicted molar refractivity (Wildman–Crippen MR) is 114 cm³/mol. The van der Waals surface area contributed by atoms with Crippen molar-refractivity contribution in [1.29, 1.82) is 0 Å². The fourth-order valence-electron chi connectivity index (χ4n) is 2.43. The number of nitrogens with zero attached hydrogens (tertiary/aromatic N) is 2. The summed E-state index contributed by atoms with van der Waals surface area (Å²) in [6.07, 6.45) is 8.17. The molecule has 1 aromatic rings. The second-order valence-electron chi connectivity index (χ2n) is 6.13. The fourth-order valence-corrected chi connectivity index (χ4v) is 2.75. The Morgan fingerprint density at radius 2 is 2.00 bits per heavy atom. The zero-order valence-corrected chi connectivity index (χ0v) is 17.1. The third-order valence-electron chi connectivity index (χ3n) is 3.85. The van der Waals surface area contributed by atoms with Gasteiger partial charge < -0.3 is 21.1 Å². The summed E-state index contributed by atoms with van der Waals surface area (Å²) in [6.45, 7) is 13.8. The second-order valence-corrected chi connectivity index (χ2v) is 6.51. The smallest absolute Gasteiger partial charge is 0.236 e. The maximum Gasteiger partial charge on any atom is 0.236 e. The molecule has 1 aromatic heterocycles. The summed E-state index contributed by atoms with van der Waals surface area (Å²) in [4.78, 5) is 6.31. The van der Waals surface area contributed by atoms with Crippen molar-refractivity contribution < 1.29 is 4.74 Å². The largest absolute Gasteiger partial charge is 0.477 e. The molecule has 0 aliphatic heterocycles. The Morgan fingerprint density at radius 3 is 2.54 bits per heavy atom. The first-order chi connectivity index (χ1) is 12.3. The third-order valence-corrected chi connectivity index (χ3v) is 4.19. The molecule has 0 aliphatic carbocycles. The number of hydrogen-bond donors (Lipinski definition) is 2. The van der Waals surface area contributed by atoms with Crippen LogP contribution in [-0.2, 0) is 0 Å². The molecule has 1 rings (SSSR count). The minimum atomic E-state index is 0.230. The Bertz CT molecular complexity index is 683. The highest BCUT2D eigenvalue weighted by Crippen LogP contribution is 2.41. The van der Waals surface area contributed by atoms with Gasteiger partial charge in [0.25, 0.3) is 0 Å². The average molecular weight is 379 g/mol. The van der Waals surface area contributed by atoms with E-state index in [1.807, 2.05) is 26.8 Å². The van der Waals surface area contributed by atoms with Crippen molar-refractivity contribution in [3.05, 3.63) is 41.0 Å². The van der Waals surface area contributed by atoms with E-state index in [9.17, 15) is 0 Å². The van der Waals surface area contributed by atoms with Gasteiger partial charge in [0.2, 0.25) is 5.88 Å². The maximum absolute atomic E-state index is 6.58. The van der Waals surface area contributed by atoms with Crippen LogP contribution in [0.2, 0.25) is 5.02 Å². The van der Waals surface area contributed by atoms with Crippen LogP contribution in [0.4, 0.5) is 17.2 Å². The zero-order valence-electron chi connectivity index (χ0n) is 16.3. The number of halogens is 1. The number of unbranched alkanes of at least 4 members (excludes halogenated alkanes) is 1. The molecule has 0 amide bonds. The number of rotatable bonds is 10. The molecule has 6 heteroatoms. The first-order valence-corrected chi connectivity index (χ1v) is 9.34. The Kier molecular flexibility index (Phi) is 9.07. The number of allylic oxidation sites excluding steroid dienone is 3. The van der Waals surface area contributed by atoms with E-state index in [1.165, 1.54) is 0 Å². The van der Waals surface area contributed by atoms with E-state index < -0.39 is 0 Å². The maximum atomic E-state index is 6.58. The number of hydrogen-bond acceptors (Lipinski definition) is 5. The van der Waals surface area contributed by atoms with Gasteiger partial charge in [0.1, 0.15) is 5.02 Å². The highest BCUT2D eigenvalue weighted by molar-refractivity contribution is 6.35. The van der Waals surface area contributed by atoms with E-state index in [-0.39, 0.29) is 5.82 Å². The van der Waals surface area contributed by atoms with Crippen LogP contribution in [-0.4, -0.2) is 24.7 Å². The van der Waals surface area contributed by atoms with Crippen molar-refractivity contribution in [2.45, 2.75) is 40.5 Å². The molecule has 5 nitrogen and oxygen atoms in total. The Hall–Kier alpha value is -2.14. The number of nitrogen functional groups attached to an aromatic ring is 2. The van der Waals surface area contributed by atoms with E-state index >= 15 is 0 Å². The van der Waals surface area contributed by atoms with Gasteiger partial charge in [-0.2, -0.15) is 4.98 Å². The summed E-state index contributed by atoms with van der Waals surface area (Å²) in [5.41, 5.74) is 15.4. The molecule has 0 aliphatic rings. The lowest BCUT2D eigenvalue weighted by Crippen LogP contribution is -2.28. The fraction of sp³-hybridized carbons (Fsp3) is 0.450. The van der Waals surface area contributed by atoms with Gasteiger partial charge in [-0.05, 0) is 32.8 Å². The number of aromatic nitrogens is 1. The van der Waals surface area contributed by atoms with Crippen molar-refractivity contribution in [3.63, 3.8) is 0 Å². The van der Waals surface area contributed by atoms with Gasteiger partial charge in [0.05, 0.1) is 18.0 Å². The summed E-state index contributed by atoms with van der Waals surface area (Å²) in [5, 5.41) is 0.397. The summed E-state index contributed by atoms with van der Waals surface area (Å²) >= 11 is 6.58. The molecule has 0 bridgehead atoms. The highest BCUT2D eigenvalue weighted by Gasteiger charge is 2.21. The SMILES string of the molecule is C=C(C)/C=C\C(=CC)CN(CCCC)c1c(N)c(N)nc(OCC)c1Cl. The first-order valence-electron chi connectivity index (χ1n) is 8.96. The van der Waals surface area contributed by atoms with Crippen molar-refractivity contribution in [2.75, 3.05) is 36.1 Å². The van der Waals surface area contributed by atoms with Gasteiger partial charge in [0.15, 0.2) is 5.82 Å². The van der Waals surface area contributed by atoms with E-state index in [4.69, 9.17) is 27.8 Å². The van der Waals surface area contributed by atoms with Gasteiger partial charge in [0, 0.05) is 13.1 Å². The summed E-state index contributed by atoms with van der Waals surface area (Å²) in [7, 11) is 0. The van der Waals surface area contributed by atoms with E-state index in [1.54, 1.807) is 0 Å². The highest BCUT2D eigenvalue weighted by atomic mass is 35.5. The minimum Gasteiger partial charge on any atom is -0.477 e. The van der Waals surface area contributed by atoms with Gasteiger partial charge in [-0.15, -0.1) is 0 Å². The molecule has 26 heavy (non-hydrogen) atoms. The van der Waals surface area contributed by atoms with Gasteiger partial charge in [-0.1, -0.05) is 55.3 Å². The minimum absolute atomic E-state index is 0.230. The molecule has 0 radical (unpaired) electrons. The van der Waals surface area contributed by atoms with Crippen LogP contribution in [0.1, 0.15) is 40.5 Å². The summed E-state index contributed by atoms with van der Waals surface area (Å²) in [5.74, 6) is 0.547. The Morgan fingerprint density at radius 1 is 1.31 bits per heavy atom. The van der Waals surface area contributed by atoms with Crippen molar-refractivity contribution in [2.24, 2.45) is 0 Å². The van der Waals surface area contributed by atoms with Crippen LogP contribution in [0.15, 0.2) is 36.0 Å². The van der Waals surface area contributed by atoms with Crippen LogP contribution < -0.4 is 21.1 Å². The predicted octanol–water partition coefficient (Wildman–Crippen LogP) is 4.98. The van der Waals surface area contributed by atoms with Crippen LogP contribution >= 0.6 is 11.6 Å². The zero-order chi connectivity index (χ0) is 19.7. The third kappa shape index (κ3) is 5.99. The molecule has 144 valence electrons. The Labute approximate surface area is 162 Å². The Balaban J connectivity index is 3.34. The molecule has 0 spiro atoms. The van der Waals surface area contributed by atoms with Crippen molar-refractivity contribution in [1.82, 2.24) is 4.98 Å². The molecule has 0 unspecified atom stereocenters. The molecular weight excluding hydrogens is 348 g/mol. The van der Waals surface area contributed by atoms with E-state index in [0.717, 1.165) is 30.5 Å². The number of anilines is 3. The van der Waals surface area contributed by atoms with Crippen molar-refractivity contribution >= 4 is 28.8 Å². The van der Waals surface area contributed by atoms with E-state index in [0.29, 0.717) is 35.4 Å². The molecule has 0 fully saturated rings. The number of pyridine rings is 1.